The maximum atomic E-state index is 13.2. The summed E-state index contributed by atoms with van der Waals surface area (Å²) in [4.78, 5) is 45.3. The van der Waals surface area contributed by atoms with Crippen LogP contribution in [0, 0.1) is 11.2 Å². The molecule has 0 atom stereocenters. The number of aromatic nitrogens is 1. The van der Waals surface area contributed by atoms with E-state index in [4.69, 9.17) is 19.9 Å². The third-order valence-corrected chi connectivity index (χ3v) is 8.66. The number of benzene rings is 3. The van der Waals surface area contributed by atoms with Crippen LogP contribution in [0.25, 0.3) is 10.9 Å². The first kappa shape index (κ1) is 31.3. The lowest BCUT2D eigenvalue weighted by molar-refractivity contribution is -0.133. The summed E-state index contributed by atoms with van der Waals surface area (Å²) in [5, 5.41) is 0.603. The minimum Gasteiger partial charge on any atom is -0.493 e. The SMILES string of the molecule is NC(=O)c1cc2c(Oc3ccc(CC(=O)C4(C(=O)Cc5ccc(F)cc5)CC4)cc3)ccnc2cc1OCCCN1CCOCC1. The van der Waals surface area contributed by atoms with E-state index >= 15 is 0 Å². The predicted octanol–water partition coefficient (Wildman–Crippen LogP) is 5.07. The number of primary amides is 1. The molecule has 2 heterocycles. The lowest BCUT2D eigenvalue weighted by Gasteiger charge is -2.26. The number of pyridine rings is 1. The van der Waals surface area contributed by atoms with Gasteiger partial charge in [0, 0.05) is 50.1 Å². The summed E-state index contributed by atoms with van der Waals surface area (Å²) < 4.78 is 30.8. The number of rotatable bonds is 14. The molecule has 0 radical (unpaired) electrons. The van der Waals surface area contributed by atoms with Crippen LogP contribution < -0.4 is 15.2 Å². The van der Waals surface area contributed by atoms with Crippen LogP contribution in [0.1, 0.15) is 40.7 Å². The third-order valence-electron chi connectivity index (χ3n) is 8.66. The van der Waals surface area contributed by atoms with Gasteiger partial charge in [-0.2, -0.15) is 0 Å². The van der Waals surface area contributed by atoms with E-state index in [-0.39, 0.29) is 35.8 Å². The van der Waals surface area contributed by atoms with Gasteiger partial charge < -0.3 is 19.9 Å². The topological polar surface area (TPSA) is 121 Å². The van der Waals surface area contributed by atoms with Crippen molar-refractivity contribution in [3.05, 3.63) is 95.4 Å². The maximum Gasteiger partial charge on any atom is 0.252 e. The van der Waals surface area contributed by atoms with Crippen molar-refractivity contribution < 1.29 is 33.0 Å². The number of Topliss-reactive ketones (excluding diaryl/α,β-unsaturated/α-hetero) is 2. The summed E-state index contributed by atoms with van der Waals surface area (Å²) in [5.74, 6) is 0.193. The highest BCUT2D eigenvalue weighted by Gasteiger charge is 2.54. The molecule has 9 nitrogen and oxygen atoms in total. The van der Waals surface area contributed by atoms with Gasteiger partial charge in [0.25, 0.3) is 5.91 Å². The maximum absolute atomic E-state index is 13.2. The van der Waals surface area contributed by atoms with Gasteiger partial charge in [-0.1, -0.05) is 24.3 Å². The Balaban J connectivity index is 1.09. The Labute approximate surface area is 266 Å². The Kier molecular flexibility index (Phi) is 9.37. The Bertz CT molecular complexity index is 1730. The van der Waals surface area contributed by atoms with Crippen LogP contribution in [0.15, 0.2) is 72.9 Å². The molecule has 1 saturated carbocycles. The second-order valence-electron chi connectivity index (χ2n) is 11.8. The molecule has 10 heteroatoms. The Morgan fingerprint density at radius 2 is 1.54 bits per heavy atom. The molecule has 2 N–H and O–H groups in total. The van der Waals surface area contributed by atoms with E-state index in [1.165, 1.54) is 12.1 Å². The molecule has 1 aliphatic heterocycles. The van der Waals surface area contributed by atoms with Crippen molar-refractivity contribution in [3.63, 3.8) is 0 Å². The van der Waals surface area contributed by atoms with E-state index < -0.39 is 11.3 Å². The molecule has 1 amide bonds. The number of nitrogens with zero attached hydrogens (tertiary/aromatic N) is 2. The number of carbonyl (C=O) groups excluding carboxylic acids is 3. The summed E-state index contributed by atoms with van der Waals surface area (Å²) >= 11 is 0. The zero-order valence-corrected chi connectivity index (χ0v) is 25.5. The van der Waals surface area contributed by atoms with Crippen molar-refractivity contribution >= 4 is 28.4 Å². The van der Waals surface area contributed by atoms with Gasteiger partial charge in [-0.25, -0.2) is 4.39 Å². The number of ketones is 2. The fraction of sp³-hybridized carbons (Fsp3) is 0.333. The van der Waals surface area contributed by atoms with Crippen molar-refractivity contribution in [1.29, 1.82) is 0 Å². The molecule has 4 aromatic rings. The number of carbonyl (C=O) groups is 3. The average molecular weight is 626 g/mol. The number of hydrogen-bond acceptors (Lipinski definition) is 8. The van der Waals surface area contributed by atoms with Gasteiger partial charge >= 0.3 is 0 Å². The number of morpholine rings is 1. The molecular weight excluding hydrogens is 589 g/mol. The van der Waals surface area contributed by atoms with E-state index in [2.05, 4.69) is 9.88 Å². The molecule has 0 spiro atoms. The van der Waals surface area contributed by atoms with Gasteiger partial charge in [-0.05, 0) is 66.8 Å². The van der Waals surface area contributed by atoms with E-state index in [0.29, 0.717) is 53.2 Å². The second-order valence-corrected chi connectivity index (χ2v) is 11.8. The number of amides is 1. The van der Waals surface area contributed by atoms with Crippen LogP contribution in [0.5, 0.6) is 17.2 Å². The monoisotopic (exact) mass is 625 g/mol. The van der Waals surface area contributed by atoms with Crippen LogP contribution in [-0.4, -0.2) is 66.8 Å². The van der Waals surface area contributed by atoms with Crippen LogP contribution in [-0.2, 0) is 27.2 Å². The summed E-state index contributed by atoms with van der Waals surface area (Å²) in [6, 6.07) is 18.0. The fourth-order valence-corrected chi connectivity index (χ4v) is 5.80. The summed E-state index contributed by atoms with van der Waals surface area (Å²) in [6.07, 6.45) is 3.73. The molecule has 238 valence electrons. The lowest BCUT2D eigenvalue weighted by atomic mass is 9.88. The van der Waals surface area contributed by atoms with Gasteiger partial charge in [0.05, 0.1) is 36.3 Å². The third kappa shape index (κ3) is 7.24. The van der Waals surface area contributed by atoms with Gasteiger partial charge in [0.15, 0.2) is 11.6 Å². The first-order chi connectivity index (χ1) is 22.3. The van der Waals surface area contributed by atoms with Gasteiger partial charge in [0.2, 0.25) is 0 Å². The highest BCUT2D eigenvalue weighted by Crippen LogP contribution is 2.49. The average Bonchev–Trinajstić information content (AvgIpc) is 3.88. The second kappa shape index (κ2) is 13.8. The zero-order chi connectivity index (χ0) is 32.1. The van der Waals surface area contributed by atoms with Crippen molar-refractivity contribution in [2.75, 3.05) is 39.5 Å². The zero-order valence-electron chi connectivity index (χ0n) is 25.5. The van der Waals surface area contributed by atoms with Crippen molar-refractivity contribution in [3.8, 4) is 17.2 Å². The number of nitrogens with two attached hydrogens (primary N) is 1. The number of halogens is 1. The summed E-state index contributed by atoms with van der Waals surface area (Å²) in [7, 11) is 0. The first-order valence-electron chi connectivity index (χ1n) is 15.5. The minimum atomic E-state index is -0.955. The first-order valence-corrected chi connectivity index (χ1v) is 15.5. The molecule has 3 aromatic carbocycles. The van der Waals surface area contributed by atoms with E-state index in [1.807, 2.05) is 0 Å². The molecule has 1 aromatic heterocycles. The van der Waals surface area contributed by atoms with Crippen LogP contribution in [0.4, 0.5) is 4.39 Å². The van der Waals surface area contributed by atoms with Gasteiger partial charge in [0.1, 0.15) is 23.1 Å². The lowest BCUT2D eigenvalue weighted by Crippen LogP contribution is -2.37. The standard InChI is InChI=1S/C36H36FN3O6/c37-26-6-2-24(3-7-26)20-33(41)36(11-12-36)34(42)21-25-4-8-27(9-5-25)46-31-10-13-39-30-23-32(29(35(38)43)22-28(30)31)45-17-1-14-40-15-18-44-19-16-40/h2-10,13,22-23H,1,11-12,14-21H2,(H2,38,43). The Hall–Kier alpha value is -4.67. The van der Waals surface area contributed by atoms with E-state index in [9.17, 15) is 18.8 Å². The molecule has 2 aliphatic rings. The number of fused-ring (bicyclic) bond motifs is 1. The van der Waals surface area contributed by atoms with Crippen LogP contribution in [0.3, 0.4) is 0 Å². The Morgan fingerprint density at radius 3 is 2.17 bits per heavy atom. The Morgan fingerprint density at radius 1 is 0.891 bits per heavy atom. The molecule has 1 aliphatic carbocycles. The van der Waals surface area contributed by atoms with Gasteiger partial charge in [-0.3, -0.25) is 24.3 Å². The molecule has 1 saturated heterocycles. The fourth-order valence-electron chi connectivity index (χ4n) is 5.80. The quantitative estimate of drug-likeness (QED) is 0.152. The van der Waals surface area contributed by atoms with Crippen molar-refractivity contribution in [2.45, 2.75) is 32.1 Å². The van der Waals surface area contributed by atoms with E-state index in [0.717, 1.165) is 44.8 Å². The predicted molar refractivity (Wildman–Crippen MR) is 170 cm³/mol. The highest BCUT2D eigenvalue weighted by molar-refractivity contribution is 6.11. The highest BCUT2D eigenvalue weighted by atomic mass is 19.1. The molecular formula is C36H36FN3O6. The molecule has 0 unspecified atom stereocenters. The number of ether oxygens (including phenoxy) is 3. The summed E-state index contributed by atoms with van der Waals surface area (Å²) in [6.45, 7) is 4.58. The largest absolute Gasteiger partial charge is 0.493 e. The summed E-state index contributed by atoms with van der Waals surface area (Å²) in [5.41, 5.74) is 7.06. The van der Waals surface area contributed by atoms with Gasteiger partial charge in [-0.15, -0.1) is 0 Å². The van der Waals surface area contributed by atoms with Crippen molar-refractivity contribution in [1.82, 2.24) is 9.88 Å². The smallest absolute Gasteiger partial charge is 0.252 e. The molecule has 46 heavy (non-hydrogen) atoms. The number of hydrogen-bond donors (Lipinski definition) is 1. The molecule has 0 bridgehead atoms. The van der Waals surface area contributed by atoms with E-state index in [1.54, 1.807) is 60.8 Å². The molecule has 6 rings (SSSR count). The van der Waals surface area contributed by atoms with Crippen molar-refractivity contribution in [2.24, 2.45) is 11.1 Å². The van der Waals surface area contributed by atoms with Crippen LogP contribution in [0.2, 0.25) is 0 Å². The minimum absolute atomic E-state index is 0.105. The molecule has 2 fully saturated rings. The normalized spacial score (nSPS) is 15.8. The van der Waals surface area contributed by atoms with Crippen LogP contribution >= 0.6 is 0 Å².